The number of hydrogen-bond acceptors (Lipinski definition) is 10. The van der Waals surface area contributed by atoms with Crippen molar-refractivity contribution in [3.8, 4) is 11.5 Å². The topological polar surface area (TPSA) is 202 Å². The van der Waals surface area contributed by atoms with Gasteiger partial charge in [-0.25, -0.2) is 4.79 Å². The van der Waals surface area contributed by atoms with Crippen molar-refractivity contribution in [1.82, 2.24) is 25.8 Å². The quantitative estimate of drug-likeness (QED) is 0.0886. The predicted molar refractivity (Wildman–Crippen MR) is 248 cm³/mol. The number of morpholine rings is 1. The van der Waals surface area contributed by atoms with Gasteiger partial charge in [-0.2, -0.15) is 0 Å². The van der Waals surface area contributed by atoms with Crippen LogP contribution >= 0.6 is 0 Å². The fourth-order valence-electron chi connectivity index (χ4n) is 7.65. The molecule has 0 radical (unpaired) electrons. The summed E-state index contributed by atoms with van der Waals surface area (Å²) < 4.78 is 23.1. The number of hydrogen-bond donors (Lipinski definition) is 4. The highest BCUT2D eigenvalue weighted by Gasteiger charge is 2.40. The molecule has 1 fully saturated rings. The molecule has 1 aliphatic rings. The van der Waals surface area contributed by atoms with Crippen LogP contribution in [0, 0.1) is 5.92 Å². The SMILES string of the molecule is COc1cccc(CCNC(=O)C(CC(=O)O)NC(=O)c2c(OCC(Cc3ccccc3)NC(=O)[C@H]3COCCN3C(=O)C(CC(C)C)N(C)C(=O)OC(C)(C)C)ccc3ccccc23)c1. The van der Waals surface area contributed by atoms with E-state index in [9.17, 15) is 33.9 Å². The molecular formula is C50H63N5O11. The lowest BCUT2D eigenvalue weighted by atomic mass is 10.00. The smallest absolute Gasteiger partial charge is 0.410 e. The highest BCUT2D eigenvalue weighted by atomic mass is 16.6. The molecule has 4 aromatic carbocycles. The summed E-state index contributed by atoms with van der Waals surface area (Å²) in [7, 11) is 3.08. The largest absolute Gasteiger partial charge is 0.497 e. The van der Waals surface area contributed by atoms with Gasteiger partial charge in [-0.3, -0.25) is 28.9 Å². The molecule has 4 atom stereocenters. The van der Waals surface area contributed by atoms with Crippen molar-refractivity contribution in [3.05, 3.63) is 108 Å². The minimum absolute atomic E-state index is 0.0299. The molecular weight excluding hydrogens is 847 g/mol. The molecule has 0 bridgehead atoms. The normalized spacial score (nSPS) is 15.2. The van der Waals surface area contributed by atoms with E-state index in [1.165, 1.54) is 16.8 Å². The van der Waals surface area contributed by atoms with E-state index >= 15 is 0 Å². The number of carbonyl (C=O) groups excluding carboxylic acids is 5. The maximum atomic E-state index is 14.4. The van der Waals surface area contributed by atoms with Gasteiger partial charge in [-0.1, -0.05) is 86.6 Å². The molecule has 0 aromatic heterocycles. The van der Waals surface area contributed by atoms with E-state index in [0.29, 0.717) is 35.8 Å². The van der Waals surface area contributed by atoms with Crippen molar-refractivity contribution in [3.63, 3.8) is 0 Å². The monoisotopic (exact) mass is 909 g/mol. The molecule has 1 aliphatic heterocycles. The predicted octanol–water partition coefficient (Wildman–Crippen LogP) is 5.40. The lowest BCUT2D eigenvalue weighted by Crippen LogP contribution is -2.61. The van der Waals surface area contributed by atoms with E-state index in [1.807, 2.05) is 74.5 Å². The number of nitrogens with zero attached hydrogens (tertiary/aromatic N) is 2. The van der Waals surface area contributed by atoms with Crippen LogP contribution in [0.15, 0.2) is 91.0 Å². The second kappa shape index (κ2) is 23.5. The van der Waals surface area contributed by atoms with Crippen molar-refractivity contribution in [2.75, 3.05) is 47.1 Å². The summed E-state index contributed by atoms with van der Waals surface area (Å²) >= 11 is 0. The molecule has 16 nitrogen and oxygen atoms in total. The van der Waals surface area contributed by atoms with E-state index in [2.05, 4.69) is 16.0 Å². The standard InChI is InChI=1S/C50H63N5O11/c1-32(2)26-40(54(6)49(62)66-50(3,4)5)48(61)55-24-25-64-31-41(55)46(59)52-36(27-33-14-9-8-10-15-33)30-65-42-21-20-35-17-11-12-19-38(35)44(42)47(60)53-39(29-43(56)57)45(58)51-23-22-34-16-13-18-37(28-34)63-7/h8-21,28,32,36,39-41H,22-27,29-31H2,1-7H3,(H,51,58)(H,52,59)(H,53,60)(H,56,57)/t36?,39?,40?,41-/m1/s1. The Bertz CT molecular complexity index is 2320. The Morgan fingerprint density at radius 3 is 2.32 bits per heavy atom. The van der Waals surface area contributed by atoms with E-state index in [1.54, 1.807) is 58.2 Å². The first-order valence-electron chi connectivity index (χ1n) is 22.2. The zero-order valence-electron chi connectivity index (χ0n) is 38.8. The molecule has 1 saturated heterocycles. The number of methoxy groups -OCH3 is 1. The number of ether oxygens (including phenoxy) is 4. The van der Waals surface area contributed by atoms with Crippen LogP contribution in [0.5, 0.6) is 11.5 Å². The van der Waals surface area contributed by atoms with Crippen LogP contribution in [0.1, 0.15) is 68.9 Å². The summed E-state index contributed by atoms with van der Waals surface area (Å²) in [5.74, 6) is -2.78. The van der Waals surface area contributed by atoms with Crippen molar-refractivity contribution >= 4 is 46.5 Å². The summed E-state index contributed by atoms with van der Waals surface area (Å²) in [5, 5.41) is 19.4. The summed E-state index contributed by atoms with van der Waals surface area (Å²) in [5.41, 5.74) is 1.05. The van der Waals surface area contributed by atoms with Crippen LogP contribution in [-0.2, 0) is 41.5 Å². The number of aliphatic carboxylic acids is 1. The molecule has 1 heterocycles. The highest BCUT2D eigenvalue weighted by Crippen LogP contribution is 2.29. The fraction of sp³-hybridized carbons (Fsp3) is 0.440. The zero-order chi connectivity index (χ0) is 48.0. The maximum absolute atomic E-state index is 14.4. The minimum Gasteiger partial charge on any atom is -0.497 e. The minimum atomic E-state index is -1.43. The lowest BCUT2D eigenvalue weighted by molar-refractivity contribution is -0.152. The molecule has 354 valence electrons. The molecule has 0 saturated carbocycles. The third-order valence-electron chi connectivity index (χ3n) is 10.9. The van der Waals surface area contributed by atoms with Gasteiger partial charge in [-0.05, 0) is 86.1 Å². The van der Waals surface area contributed by atoms with Crippen molar-refractivity contribution in [2.24, 2.45) is 5.92 Å². The Morgan fingerprint density at radius 2 is 1.62 bits per heavy atom. The van der Waals surface area contributed by atoms with Crippen LogP contribution < -0.4 is 25.4 Å². The number of benzene rings is 4. The van der Waals surface area contributed by atoms with Gasteiger partial charge in [0.15, 0.2) is 0 Å². The number of rotatable bonds is 20. The fourth-order valence-corrected chi connectivity index (χ4v) is 7.65. The number of amides is 5. The zero-order valence-corrected chi connectivity index (χ0v) is 38.8. The van der Waals surface area contributed by atoms with Crippen LogP contribution in [0.25, 0.3) is 10.8 Å². The molecule has 0 spiro atoms. The maximum Gasteiger partial charge on any atom is 0.410 e. The number of likely N-dealkylation sites (N-methyl/N-ethyl adjacent to an activating group) is 1. The molecule has 66 heavy (non-hydrogen) atoms. The first-order chi connectivity index (χ1) is 31.4. The van der Waals surface area contributed by atoms with Gasteiger partial charge in [0.05, 0.1) is 38.3 Å². The summed E-state index contributed by atoms with van der Waals surface area (Å²) in [4.78, 5) is 84.5. The Labute approximate surface area is 386 Å². The average Bonchev–Trinajstić information content (AvgIpc) is 3.28. The number of carbonyl (C=O) groups is 6. The molecule has 0 aliphatic carbocycles. The van der Waals surface area contributed by atoms with Crippen LogP contribution in [0.4, 0.5) is 4.79 Å². The van der Waals surface area contributed by atoms with Gasteiger partial charge in [0, 0.05) is 20.1 Å². The molecule has 5 amide bonds. The number of fused-ring (bicyclic) bond motifs is 1. The van der Waals surface area contributed by atoms with Crippen LogP contribution in [0.2, 0.25) is 0 Å². The summed E-state index contributed by atoms with van der Waals surface area (Å²) in [6, 6.07) is 23.2. The van der Waals surface area contributed by atoms with Crippen LogP contribution in [-0.4, -0.2) is 127 Å². The average molecular weight is 910 g/mol. The van der Waals surface area contributed by atoms with E-state index in [0.717, 1.165) is 11.1 Å². The second-order valence-electron chi connectivity index (χ2n) is 17.7. The molecule has 16 heteroatoms. The van der Waals surface area contributed by atoms with E-state index in [4.69, 9.17) is 18.9 Å². The Hall–Kier alpha value is -6.68. The first-order valence-corrected chi connectivity index (χ1v) is 22.2. The molecule has 4 aromatic rings. The Morgan fingerprint density at radius 1 is 0.909 bits per heavy atom. The van der Waals surface area contributed by atoms with Gasteiger partial charge in [0.25, 0.3) is 5.91 Å². The number of carboxylic acid groups (broad SMARTS) is 1. The summed E-state index contributed by atoms with van der Waals surface area (Å²) in [6.45, 7) is 9.41. The molecule has 4 N–H and O–H groups in total. The molecule has 5 rings (SSSR count). The van der Waals surface area contributed by atoms with E-state index < -0.39 is 71.9 Å². The number of nitrogens with one attached hydrogen (secondary N) is 3. The van der Waals surface area contributed by atoms with Gasteiger partial charge in [-0.15, -0.1) is 0 Å². The van der Waals surface area contributed by atoms with Crippen molar-refractivity contribution in [2.45, 2.75) is 90.1 Å². The van der Waals surface area contributed by atoms with Gasteiger partial charge in [0.1, 0.15) is 41.8 Å². The summed E-state index contributed by atoms with van der Waals surface area (Å²) in [6.07, 6.45) is -0.262. The third kappa shape index (κ3) is 14.4. The molecule has 3 unspecified atom stereocenters. The van der Waals surface area contributed by atoms with Crippen LogP contribution in [0.3, 0.4) is 0 Å². The third-order valence-corrected chi connectivity index (χ3v) is 10.9. The lowest BCUT2D eigenvalue weighted by Gasteiger charge is -2.39. The van der Waals surface area contributed by atoms with Crippen molar-refractivity contribution < 1.29 is 52.8 Å². The van der Waals surface area contributed by atoms with Gasteiger partial charge < -0.3 is 44.9 Å². The van der Waals surface area contributed by atoms with Gasteiger partial charge in [0.2, 0.25) is 17.7 Å². The van der Waals surface area contributed by atoms with Gasteiger partial charge >= 0.3 is 12.1 Å². The van der Waals surface area contributed by atoms with Crippen molar-refractivity contribution in [1.29, 1.82) is 0 Å². The van der Waals surface area contributed by atoms with E-state index in [-0.39, 0.29) is 50.1 Å². The second-order valence-corrected chi connectivity index (χ2v) is 17.7. The Balaban J connectivity index is 1.38. The Kier molecular flexibility index (Phi) is 17.9. The first kappa shape index (κ1) is 50.3. The number of carboxylic acids is 1. The highest BCUT2D eigenvalue weighted by molar-refractivity contribution is 6.10.